The molecular formula is C6H15NP2. The molecule has 1 nitrogen and oxygen atoms in total. The fourth-order valence-corrected chi connectivity index (χ4v) is 3.34. The van der Waals surface area contributed by atoms with Crippen LogP contribution in [0.4, 0.5) is 0 Å². The summed E-state index contributed by atoms with van der Waals surface area (Å²) in [5, 5.41) is 0. The predicted octanol–water partition coefficient (Wildman–Crippen LogP) is 2.10. The van der Waals surface area contributed by atoms with Crippen LogP contribution in [0.25, 0.3) is 0 Å². The largest absolute Gasteiger partial charge is 0.278 e. The van der Waals surface area contributed by atoms with Gasteiger partial charge in [-0.1, -0.05) is 15.9 Å². The maximum atomic E-state index is 2.82. The molecule has 1 aliphatic heterocycles. The number of hydrogen-bond donors (Lipinski definition) is 0. The molecule has 0 radical (unpaired) electrons. The van der Waals surface area contributed by atoms with Gasteiger partial charge in [0.2, 0.25) is 0 Å². The van der Waals surface area contributed by atoms with E-state index >= 15 is 0 Å². The summed E-state index contributed by atoms with van der Waals surface area (Å²) in [6, 6.07) is 0.829. The molecule has 1 fully saturated rings. The minimum atomic E-state index is 0.829. The van der Waals surface area contributed by atoms with Gasteiger partial charge < -0.3 is 0 Å². The van der Waals surface area contributed by atoms with Crippen LogP contribution in [0.2, 0.25) is 0 Å². The zero-order valence-electron chi connectivity index (χ0n) is 6.09. The van der Waals surface area contributed by atoms with Gasteiger partial charge in [0.25, 0.3) is 0 Å². The van der Waals surface area contributed by atoms with E-state index in [0.29, 0.717) is 0 Å². The zero-order valence-corrected chi connectivity index (χ0v) is 8.25. The lowest BCUT2D eigenvalue weighted by Crippen LogP contribution is -2.15. The maximum absolute atomic E-state index is 2.82. The SMILES string of the molecule is CC1CC(C)N(PP)C1. The smallest absolute Gasteiger partial charge is 0.0109 e. The molecule has 1 rings (SSSR count). The maximum Gasteiger partial charge on any atom is 0.0109 e. The molecule has 4 atom stereocenters. The molecule has 0 spiro atoms. The van der Waals surface area contributed by atoms with Crippen LogP contribution < -0.4 is 0 Å². The molecule has 0 amide bonds. The van der Waals surface area contributed by atoms with Crippen molar-refractivity contribution in [3.63, 3.8) is 0 Å². The number of nitrogens with zero attached hydrogens (tertiary/aromatic N) is 1. The number of rotatable bonds is 1. The zero-order chi connectivity index (χ0) is 6.85. The van der Waals surface area contributed by atoms with Crippen LogP contribution in [0.3, 0.4) is 0 Å². The van der Waals surface area contributed by atoms with Crippen molar-refractivity contribution in [2.75, 3.05) is 6.54 Å². The average Bonchev–Trinajstić information content (AvgIpc) is 2.10. The Labute approximate surface area is 61.5 Å². The predicted molar refractivity (Wildman–Crippen MR) is 48.0 cm³/mol. The first kappa shape index (κ1) is 7.92. The summed E-state index contributed by atoms with van der Waals surface area (Å²) in [6.45, 7) is 5.96. The highest BCUT2D eigenvalue weighted by Gasteiger charge is 2.24. The molecule has 0 aromatic heterocycles. The third kappa shape index (κ3) is 1.87. The van der Waals surface area contributed by atoms with Gasteiger partial charge in [-0.25, -0.2) is 0 Å². The Morgan fingerprint density at radius 3 is 2.44 bits per heavy atom. The standard InChI is InChI=1S/C6H15NP2/c1-5-3-6(2)7(4-5)9-8/h5-6,9H,3-4,8H2,1-2H3. The van der Waals surface area contributed by atoms with Crippen LogP contribution in [0.15, 0.2) is 0 Å². The molecule has 0 N–H and O–H groups in total. The molecule has 0 aliphatic carbocycles. The van der Waals surface area contributed by atoms with Gasteiger partial charge in [0.05, 0.1) is 0 Å². The van der Waals surface area contributed by atoms with Gasteiger partial charge in [-0.2, -0.15) is 0 Å². The summed E-state index contributed by atoms with van der Waals surface area (Å²) in [6.07, 6.45) is 1.39. The fraction of sp³-hybridized carbons (Fsp3) is 1.00. The van der Waals surface area contributed by atoms with Crippen LogP contribution in [0, 0.1) is 5.92 Å². The van der Waals surface area contributed by atoms with Gasteiger partial charge in [-0.15, -0.1) is 0 Å². The third-order valence-corrected chi connectivity index (χ3v) is 3.90. The van der Waals surface area contributed by atoms with Crippen molar-refractivity contribution in [3.05, 3.63) is 0 Å². The Balaban J connectivity index is 2.38. The van der Waals surface area contributed by atoms with E-state index in [1.165, 1.54) is 13.0 Å². The van der Waals surface area contributed by atoms with Crippen molar-refractivity contribution in [1.82, 2.24) is 4.67 Å². The normalized spacial score (nSPS) is 39.0. The van der Waals surface area contributed by atoms with Gasteiger partial charge >= 0.3 is 0 Å². The van der Waals surface area contributed by atoms with Gasteiger partial charge in [0.1, 0.15) is 0 Å². The quantitative estimate of drug-likeness (QED) is 0.535. The fourth-order valence-electron chi connectivity index (χ4n) is 1.48. The lowest BCUT2D eigenvalue weighted by Gasteiger charge is -2.16. The molecule has 1 heterocycles. The van der Waals surface area contributed by atoms with E-state index in [9.17, 15) is 0 Å². The van der Waals surface area contributed by atoms with Crippen molar-refractivity contribution in [2.24, 2.45) is 5.92 Å². The molecule has 0 saturated carbocycles. The monoisotopic (exact) mass is 163 g/mol. The van der Waals surface area contributed by atoms with Crippen molar-refractivity contribution in [1.29, 1.82) is 0 Å². The average molecular weight is 163 g/mol. The summed E-state index contributed by atoms with van der Waals surface area (Å²) >= 11 is 0. The first-order chi connectivity index (χ1) is 4.24. The highest BCUT2D eigenvalue weighted by molar-refractivity contribution is 8.01. The van der Waals surface area contributed by atoms with Crippen LogP contribution in [-0.4, -0.2) is 17.3 Å². The molecule has 1 aliphatic rings. The van der Waals surface area contributed by atoms with Crippen molar-refractivity contribution < 1.29 is 0 Å². The molecule has 1 saturated heterocycles. The summed E-state index contributed by atoms with van der Waals surface area (Å²) in [5.74, 6) is 0.924. The molecule has 0 bridgehead atoms. The summed E-state index contributed by atoms with van der Waals surface area (Å²) < 4.78 is 2.54. The van der Waals surface area contributed by atoms with E-state index < -0.39 is 0 Å². The summed E-state index contributed by atoms with van der Waals surface area (Å²) in [7, 11) is 3.74. The molecule has 54 valence electrons. The molecule has 4 unspecified atom stereocenters. The Kier molecular flexibility index (Phi) is 2.89. The van der Waals surface area contributed by atoms with Gasteiger partial charge in [-0.05, 0) is 27.7 Å². The number of hydrogen-bond acceptors (Lipinski definition) is 1. The molecule has 9 heavy (non-hydrogen) atoms. The molecule has 3 heteroatoms. The highest BCUT2D eigenvalue weighted by atomic mass is 32.0. The van der Waals surface area contributed by atoms with Crippen LogP contribution in [0.1, 0.15) is 20.3 Å². The lowest BCUT2D eigenvalue weighted by atomic mass is 10.1. The molecule has 0 aromatic rings. The van der Waals surface area contributed by atoms with Crippen LogP contribution >= 0.6 is 17.3 Å². The second-order valence-corrected chi connectivity index (χ2v) is 4.58. The van der Waals surface area contributed by atoms with Crippen molar-refractivity contribution in [3.8, 4) is 0 Å². The minimum Gasteiger partial charge on any atom is -0.278 e. The van der Waals surface area contributed by atoms with E-state index in [4.69, 9.17) is 0 Å². The Bertz CT molecular complexity index is 97.1. The lowest BCUT2D eigenvalue weighted by molar-refractivity contribution is 0.462. The first-order valence-corrected chi connectivity index (χ1v) is 6.22. The highest BCUT2D eigenvalue weighted by Crippen LogP contribution is 2.36. The molecular weight excluding hydrogens is 148 g/mol. The van der Waals surface area contributed by atoms with Crippen molar-refractivity contribution in [2.45, 2.75) is 26.3 Å². The van der Waals surface area contributed by atoms with Crippen LogP contribution in [-0.2, 0) is 0 Å². The molecule has 0 aromatic carbocycles. The Morgan fingerprint density at radius 2 is 2.22 bits per heavy atom. The van der Waals surface area contributed by atoms with E-state index in [2.05, 4.69) is 27.4 Å². The van der Waals surface area contributed by atoms with Gasteiger partial charge in [0.15, 0.2) is 0 Å². The van der Waals surface area contributed by atoms with Gasteiger partial charge in [-0.3, -0.25) is 4.67 Å². The van der Waals surface area contributed by atoms with E-state index in [-0.39, 0.29) is 0 Å². The van der Waals surface area contributed by atoms with E-state index in [1.807, 2.05) is 0 Å². The topological polar surface area (TPSA) is 3.24 Å². The minimum absolute atomic E-state index is 0.829. The van der Waals surface area contributed by atoms with Crippen LogP contribution in [0.5, 0.6) is 0 Å². The first-order valence-electron chi connectivity index (χ1n) is 3.47. The van der Waals surface area contributed by atoms with E-state index in [1.54, 1.807) is 0 Å². The second kappa shape index (κ2) is 3.28. The van der Waals surface area contributed by atoms with Gasteiger partial charge in [0, 0.05) is 12.6 Å². The Morgan fingerprint density at radius 1 is 1.56 bits per heavy atom. The van der Waals surface area contributed by atoms with E-state index in [0.717, 1.165) is 20.4 Å². The third-order valence-electron chi connectivity index (χ3n) is 1.95. The summed E-state index contributed by atoms with van der Waals surface area (Å²) in [4.78, 5) is 0. The summed E-state index contributed by atoms with van der Waals surface area (Å²) in [5.41, 5.74) is 0. The van der Waals surface area contributed by atoms with Crippen molar-refractivity contribution >= 4 is 17.3 Å². The second-order valence-electron chi connectivity index (χ2n) is 2.97. The Hall–Kier alpha value is 0.820.